The van der Waals surface area contributed by atoms with Gasteiger partial charge in [0.05, 0.1) is 5.56 Å². The monoisotopic (exact) mass is 293 g/mol. The summed E-state index contributed by atoms with van der Waals surface area (Å²) in [5, 5.41) is 0.268. The third-order valence-electron chi connectivity index (χ3n) is 4.33. The molecule has 0 atom stereocenters. The molecule has 0 unspecified atom stereocenters. The topological polar surface area (TPSA) is 47.2 Å². The molecule has 0 amide bonds. The summed E-state index contributed by atoms with van der Waals surface area (Å²) in [4.78, 5) is 21.4. The van der Waals surface area contributed by atoms with Crippen molar-refractivity contribution in [2.45, 2.75) is 58.4 Å². The van der Waals surface area contributed by atoms with Gasteiger partial charge in [0.15, 0.2) is 5.82 Å². The molecular weight excluding hydrogens is 274 g/mol. The molecule has 1 aromatic heterocycles. The van der Waals surface area contributed by atoms with Crippen LogP contribution >= 0.6 is 11.6 Å². The van der Waals surface area contributed by atoms with Gasteiger partial charge in [0, 0.05) is 18.7 Å². The number of nitrogens with zero attached hydrogens (tertiary/aromatic N) is 3. The van der Waals surface area contributed by atoms with Gasteiger partial charge in [-0.2, -0.15) is 4.98 Å². The molecule has 4 nitrogen and oxygen atoms in total. The van der Waals surface area contributed by atoms with Gasteiger partial charge in [-0.1, -0.05) is 26.2 Å². The van der Waals surface area contributed by atoms with Crippen molar-refractivity contribution in [3.63, 3.8) is 0 Å². The van der Waals surface area contributed by atoms with Crippen LogP contribution in [0, 0.1) is 5.92 Å². The van der Waals surface area contributed by atoms with Gasteiger partial charge in [-0.15, -0.1) is 0 Å². The van der Waals surface area contributed by atoms with Gasteiger partial charge in [-0.3, -0.25) is 9.36 Å². The first-order valence-corrected chi connectivity index (χ1v) is 7.95. The Kier molecular flexibility index (Phi) is 3.92. The van der Waals surface area contributed by atoms with E-state index in [1.54, 1.807) is 4.57 Å². The fourth-order valence-corrected chi connectivity index (χ4v) is 3.49. The third kappa shape index (κ3) is 2.41. The Hall–Kier alpha value is -1.16. The van der Waals surface area contributed by atoms with Crippen molar-refractivity contribution in [3.05, 3.63) is 21.2 Å². The number of fused-ring (bicyclic) bond motifs is 1. The quantitative estimate of drug-likeness (QED) is 0.801. The lowest BCUT2D eigenvalue weighted by Gasteiger charge is -2.21. The van der Waals surface area contributed by atoms with E-state index in [0.29, 0.717) is 24.7 Å². The fourth-order valence-electron chi connectivity index (χ4n) is 3.25. The van der Waals surface area contributed by atoms with Crippen LogP contribution in [0.1, 0.15) is 51.0 Å². The Morgan fingerprint density at radius 2 is 2.05 bits per heavy atom. The molecule has 0 radical (unpaired) electrons. The van der Waals surface area contributed by atoms with Crippen molar-refractivity contribution in [2.75, 3.05) is 0 Å². The van der Waals surface area contributed by atoms with E-state index in [1.165, 1.54) is 32.1 Å². The Bertz CT molecular complexity index is 600. The first-order valence-electron chi connectivity index (χ1n) is 7.57. The predicted molar refractivity (Wildman–Crippen MR) is 81.2 cm³/mol. The molecular formula is C15H20ClN3O. The summed E-state index contributed by atoms with van der Waals surface area (Å²) in [6.07, 6.45) is 7.81. The van der Waals surface area contributed by atoms with Crippen molar-refractivity contribution in [1.29, 1.82) is 0 Å². The number of hydrogen-bond acceptors (Lipinski definition) is 3. The first-order chi connectivity index (χ1) is 9.70. The highest BCUT2D eigenvalue weighted by molar-refractivity contribution is 6.28. The summed E-state index contributed by atoms with van der Waals surface area (Å²) < 4.78 is 1.57. The van der Waals surface area contributed by atoms with E-state index >= 15 is 0 Å². The van der Waals surface area contributed by atoms with Crippen LogP contribution in [0.25, 0.3) is 0 Å². The van der Waals surface area contributed by atoms with Crippen molar-refractivity contribution in [1.82, 2.24) is 9.55 Å². The molecule has 0 saturated heterocycles. The fraction of sp³-hybridized carbons (Fsp3) is 0.667. The minimum atomic E-state index is -0.00332. The molecule has 1 aromatic rings. The molecule has 3 rings (SSSR count). The van der Waals surface area contributed by atoms with Gasteiger partial charge in [-0.25, -0.2) is 4.99 Å². The van der Waals surface area contributed by atoms with Gasteiger partial charge < -0.3 is 0 Å². The standard InChI is InChI=1S/C15H20ClN3O/c1-2-8-19-14(20)11-9-12(10-6-4-3-5-7-10)17-13(11)18-15(19)16/h10H,2-9H2,1H3. The van der Waals surface area contributed by atoms with E-state index in [0.717, 1.165) is 17.7 Å². The third-order valence-corrected chi connectivity index (χ3v) is 4.61. The number of halogens is 1. The molecule has 1 fully saturated rings. The van der Waals surface area contributed by atoms with Crippen LogP contribution < -0.4 is 5.56 Å². The zero-order valence-electron chi connectivity index (χ0n) is 11.9. The molecule has 5 heteroatoms. The summed E-state index contributed by atoms with van der Waals surface area (Å²) in [7, 11) is 0. The van der Waals surface area contributed by atoms with E-state index in [2.05, 4.69) is 9.98 Å². The zero-order valence-corrected chi connectivity index (χ0v) is 12.6. The maximum absolute atomic E-state index is 12.5. The average molecular weight is 294 g/mol. The van der Waals surface area contributed by atoms with Gasteiger partial charge in [0.25, 0.3) is 5.56 Å². The van der Waals surface area contributed by atoms with Crippen molar-refractivity contribution in [2.24, 2.45) is 10.9 Å². The summed E-state index contributed by atoms with van der Waals surface area (Å²) in [5.74, 6) is 1.10. The Balaban J connectivity index is 1.91. The molecule has 108 valence electrons. The van der Waals surface area contributed by atoms with Crippen LogP contribution in [-0.2, 0) is 13.0 Å². The van der Waals surface area contributed by atoms with Crippen molar-refractivity contribution < 1.29 is 0 Å². The molecule has 1 saturated carbocycles. The number of rotatable bonds is 3. The average Bonchev–Trinajstić information content (AvgIpc) is 2.88. The Labute approximate surface area is 123 Å². The van der Waals surface area contributed by atoms with E-state index in [1.807, 2.05) is 6.92 Å². The van der Waals surface area contributed by atoms with E-state index in [9.17, 15) is 4.79 Å². The van der Waals surface area contributed by atoms with Gasteiger partial charge >= 0.3 is 0 Å². The maximum Gasteiger partial charge on any atom is 0.260 e. The molecule has 0 spiro atoms. The highest BCUT2D eigenvalue weighted by atomic mass is 35.5. The summed E-state index contributed by atoms with van der Waals surface area (Å²) in [5.41, 5.74) is 1.88. The number of hydrogen-bond donors (Lipinski definition) is 0. The lowest BCUT2D eigenvalue weighted by molar-refractivity contribution is 0.437. The first kappa shape index (κ1) is 13.8. The lowest BCUT2D eigenvalue weighted by Crippen LogP contribution is -2.26. The molecule has 0 N–H and O–H groups in total. The molecule has 0 bridgehead atoms. The molecule has 1 aliphatic carbocycles. The molecule has 2 aliphatic rings. The normalized spacial score (nSPS) is 19.0. The van der Waals surface area contributed by atoms with Crippen LogP contribution in [-0.4, -0.2) is 15.3 Å². The maximum atomic E-state index is 12.5. The van der Waals surface area contributed by atoms with Crippen LogP contribution in [0.5, 0.6) is 0 Å². The molecule has 0 aromatic carbocycles. The molecule has 2 heterocycles. The highest BCUT2D eigenvalue weighted by Crippen LogP contribution is 2.32. The van der Waals surface area contributed by atoms with Crippen LogP contribution in [0.3, 0.4) is 0 Å². The second kappa shape index (κ2) is 5.68. The zero-order chi connectivity index (χ0) is 14.1. The summed E-state index contributed by atoms with van der Waals surface area (Å²) in [6, 6.07) is 0. The second-order valence-electron chi connectivity index (χ2n) is 5.75. The predicted octanol–water partition coefficient (Wildman–Crippen LogP) is 3.52. The smallest absolute Gasteiger partial charge is 0.260 e. The number of aromatic nitrogens is 2. The summed E-state index contributed by atoms with van der Waals surface area (Å²) in [6.45, 7) is 2.65. The van der Waals surface area contributed by atoms with Crippen LogP contribution in [0.2, 0.25) is 5.28 Å². The van der Waals surface area contributed by atoms with E-state index in [-0.39, 0.29) is 10.8 Å². The highest BCUT2D eigenvalue weighted by Gasteiger charge is 2.28. The van der Waals surface area contributed by atoms with Gasteiger partial charge in [-0.05, 0) is 36.8 Å². The molecule has 20 heavy (non-hydrogen) atoms. The van der Waals surface area contributed by atoms with E-state index in [4.69, 9.17) is 11.6 Å². The molecule has 1 aliphatic heterocycles. The largest absolute Gasteiger partial charge is 0.283 e. The lowest BCUT2D eigenvalue weighted by atomic mass is 9.84. The number of aliphatic imine (C=N–C) groups is 1. The van der Waals surface area contributed by atoms with Gasteiger partial charge in [0.2, 0.25) is 5.28 Å². The summed E-state index contributed by atoms with van der Waals surface area (Å²) >= 11 is 6.11. The van der Waals surface area contributed by atoms with Crippen LogP contribution in [0.15, 0.2) is 9.79 Å². The van der Waals surface area contributed by atoms with Crippen LogP contribution in [0.4, 0.5) is 5.82 Å². The van der Waals surface area contributed by atoms with Crippen molar-refractivity contribution >= 4 is 23.1 Å². The van der Waals surface area contributed by atoms with E-state index < -0.39 is 0 Å². The van der Waals surface area contributed by atoms with Gasteiger partial charge in [0.1, 0.15) is 0 Å². The Morgan fingerprint density at radius 3 is 2.75 bits per heavy atom. The minimum absolute atomic E-state index is 0.00332. The second-order valence-corrected chi connectivity index (χ2v) is 6.09. The SMILES string of the molecule is CCCn1c(Cl)nc2c(c1=O)CC(C1CCCCC1)=N2. The minimum Gasteiger partial charge on any atom is -0.283 e. The Morgan fingerprint density at radius 1 is 1.30 bits per heavy atom. The van der Waals surface area contributed by atoms with Crippen molar-refractivity contribution in [3.8, 4) is 0 Å².